The SMILES string of the molecule is Cc1cc(C(=O)N2CCCC2Cc2ccccc2Cl)cc(S(=O)(=O)N(C)C)c1C. The Morgan fingerprint density at radius 1 is 1.21 bits per heavy atom. The first-order valence-corrected chi connectivity index (χ1v) is 11.5. The van der Waals surface area contributed by atoms with Crippen molar-refractivity contribution >= 4 is 27.5 Å². The normalized spacial score (nSPS) is 17.2. The number of sulfonamides is 1. The fraction of sp³-hybridized carbons (Fsp3) is 0.409. The summed E-state index contributed by atoms with van der Waals surface area (Å²) in [5.74, 6) is -0.127. The minimum absolute atomic E-state index is 0.0536. The summed E-state index contributed by atoms with van der Waals surface area (Å²) in [5.41, 5.74) is 2.90. The number of hydrogen-bond acceptors (Lipinski definition) is 3. The largest absolute Gasteiger partial charge is 0.335 e. The van der Waals surface area contributed by atoms with E-state index in [9.17, 15) is 13.2 Å². The van der Waals surface area contributed by atoms with Crippen LogP contribution in [0.5, 0.6) is 0 Å². The van der Waals surface area contributed by atoms with E-state index in [0.717, 1.165) is 24.0 Å². The van der Waals surface area contributed by atoms with Crippen LogP contribution in [0.15, 0.2) is 41.3 Å². The summed E-state index contributed by atoms with van der Waals surface area (Å²) in [6, 6.07) is 11.1. The predicted octanol–water partition coefficient (Wildman–Crippen LogP) is 4.05. The highest BCUT2D eigenvalue weighted by molar-refractivity contribution is 7.89. The Kier molecular flexibility index (Phi) is 6.36. The van der Waals surface area contributed by atoms with Gasteiger partial charge in [0.2, 0.25) is 10.0 Å². The van der Waals surface area contributed by atoms with Crippen molar-refractivity contribution in [2.75, 3.05) is 20.6 Å². The van der Waals surface area contributed by atoms with Gasteiger partial charge < -0.3 is 4.90 Å². The summed E-state index contributed by atoms with van der Waals surface area (Å²) < 4.78 is 26.6. The van der Waals surface area contributed by atoms with Gasteiger partial charge in [-0.25, -0.2) is 12.7 Å². The Labute approximate surface area is 178 Å². The first kappa shape index (κ1) is 21.8. The van der Waals surface area contributed by atoms with Gasteiger partial charge in [-0.05, 0) is 68.0 Å². The van der Waals surface area contributed by atoms with E-state index in [0.29, 0.717) is 29.1 Å². The molecule has 0 bridgehead atoms. The topological polar surface area (TPSA) is 57.7 Å². The molecule has 2 aromatic carbocycles. The minimum atomic E-state index is -3.63. The van der Waals surface area contributed by atoms with Gasteiger partial charge in [0.15, 0.2) is 0 Å². The van der Waals surface area contributed by atoms with Crippen molar-refractivity contribution in [2.24, 2.45) is 0 Å². The zero-order valence-corrected chi connectivity index (χ0v) is 18.8. The van der Waals surface area contributed by atoms with Gasteiger partial charge in [-0.2, -0.15) is 0 Å². The van der Waals surface area contributed by atoms with Gasteiger partial charge in [0.25, 0.3) is 5.91 Å². The molecule has 3 rings (SSSR count). The van der Waals surface area contributed by atoms with Crippen LogP contribution in [0.4, 0.5) is 0 Å². The first-order chi connectivity index (χ1) is 13.6. The molecule has 29 heavy (non-hydrogen) atoms. The second kappa shape index (κ2) is 8.46. The molecule has 1 atom stereocenters. The molecule has 0 radical (unpaired) electrons. The summed E-state index contributed by atoms with van der Waals surface area (Å²) in [6.45, 7) is 4.28. The van der Waals surface area contributed by atoms with E-state index >= 15 is 0 Å². The summed E-state index contributed by atoms with van der Waals surface area (Å²) in [7, 11) is -0.635. The lowest BCUT2D eigenvalue weighted by molar-refractivity contribution is 0.0736. The van der Waals surface area contributed by atoms with Crippen LogP contribution in [-0.2, 0) is 16.4 Å². The monoisotopic (exact) mass is 434 g/mol. The van der Waals surface area contributed by atoms with Crippen molar-refractivity contribution < 1.29 is 13.2 Å². The van der Waals surface area contributed by atoms with Crippen LogP contribution >= 0.6 is 11.6 Å². The van der Waals surface area contributed by atoms with Gasteiger partial charge >= 0.3 is 0 Å². The van der Waals surface area contributed by atoms with Crippen molar-refractivity contribution in [2.45, 2.75) is 44.0 Å². The third kappa shape index (κ3) is 4.34. The molecule has 156 valence electrons. The number of likely N-dealkylation sites (tertiary alicyclic amines) is 1. The maximum absolute atomic E-state index is 13.3. The second-order valence-electron chi connectivity index (χ2n) is 7.79. The molecule has 0 saturated carbocycles. The molecule has 0 N–H and O–H groups in total. The Morgan fingerprint density at radius 2 is 1.90 bits per heavy atom. The number of hydrogen-bond donors (Lipinski definition) is 0. The van der Waals surface area contributed by atoms with Crippen molar-refractivity contribution in [3.63, 3.8) is 0 Å². The van der Waals surface area contributed by atoms with Gasteiger partial charge in [0.1, 0.15) is 0 Å². The molecule has 7 heteroatoms. The number of benzene rings is 2. The van der Waals surface area contributed by atoms with E-state index in [2.05, 4.69) is 0 Å². The lowest BCUT2D eigenvalue weighted by Crippen LogP contribution is -2.37. The summed E-state index contributed by atoms with van der Waals surface area (Å²) >= 11 is 6.31. The lowest BCUT2D eigenvalue weighted by atomic mass is 10.0. The fourth-order valence-corrected chi connectivity index (χ4v) is 5.24. The summed E-state index contributed by atoms with van der Waals surface area (Å²) in [6.07, 6.45) is 2.53. The lowest BCUT2D eigenvalue weighted by Gasteiger charge is -2.26. The molecule has 5 nitrogen and oxygen atoms in total. The van der Waals surface area contributed by atoms with Crippen molar-refractivity contribution in [3.8, 4) is 0 Å². The van der Waals surface area contributed by atoms with Crippen LogP contribution in [0, 0.1) is 13.8 Å². The molecule has 1 saturated heterocycles. The molecule has 0 aromatic heterocycles. The van der Waals surface area contributed by atoms with Crippen molar-refractivity contribution in [3.05, 3.63) is 63.7 Å². The second-order valence-corrected chi connectivity index (χ2v) is 10.3. The fourth-order valence-electron chi connectivity index (χ4n) is 3.81. The summed E-state index contributed by atoms with van der Waals surface area (Å²) in [4.78, 5) is 15.4. The first-order valence-electron chi connectivity index (χ1n) is 9.71. The Hall–Kier alpha value is -1.89. The third-order valence-electron chi connectivity index (χ3n) is 5.68. The number of nitrogens with zero attached hydrogens (tertiary/aromatic N) is 2. The number of rotatable bonds is 5. The number of halogens is 1. The molecule has 0 spiro atoms. The van der Waals surface area contributed by atoms with Crippen LogP contribution in [0.2, 0.25) is 5.02 Å². The molecular weight excluding hydrogens is 408 g/mol. The standard InChI is InChI=1S/C22H27ClN2O3S/c1-15-12-18(14-21(16(15)2)29(27,28)24(3)4)22(26)25-11-7-9-19(25)13-17-8-5-6-10-20(17)23/h5-6,8,10,12,14,19H,7,9,11,13H2,1-4H3. The van der Waals surface area contributed by atoms with E-state index in [1.165, 1.54) is 24.5 Å². The molecule has 1 amide bonds. The van der Waals surface area contributed by atoms with E-state index in [1.807, 2.05) is 36.1 Å². The van der Waals surface area contributed by atoms with Crippen LogP contribution in [-0.4, -0.2) is 50.2 Å². The summed E-state index contributed by atoms with van der Waals surface area (Å²) in [5, 5.41) is 0.706. The maximum atomic E-state index is 13.3. The highest BCUT2D eigenvalue weighted by Crippen LogP contribution is 2.29. The number of amides is 1. The van der Waals surface area contributed by atoms with Gasteiger partial charge in [0, 0.05) is 37.3 Å². The van der Waals surface area contributed by atoms with Gasteiger partial charge in [-0.1, -0.05) is 29.8 Å². The average Bonchev–Trinajstić information content (AvgIpc) is 3.13. The van der Waals surface area contributed by atoms with E-state index in [4.69, 9.17) is 11.6 Å². The molecule has 2 aromatic rings. The molecule has 1 heterocycles. The molecule has 1 unspecified atom stereocenters. The molecule has 1 aliphatic heterocycles. The van der Waals surface area contributed by atoms with Gasteiger partial charge in [-0.3, -0.25) is 4.79 Å². The zero-order valence-electron chi connectivity index (χ0n) is 17.3. The van der Waals surface area contributed by atoms with Gasteiger partial charge in [-0.15, -0.1) is 0 Å². The Balaban J connectivity index is 1.93. The Morgan fingerprint density at radius 3 is 2.55 bits per heavy atom. The number of carbonyl (C=O) groups is 1. The van der Waals surface area contributed by atoms with E-state index in [-0.39, 0.29) is 16.8 Å². The van der Waals surface area contributed by atoms with Crippen LogP contribution in [0.25, 0.3) is 0 Å². The quantitative estimate of drug-likeness (QED) is 0.713. The average molecular weight is 435 g/mol. The zero-order chi connectivity index (χ0) is 21.3. The molecule has 1 aliphatic rings. The molecule has 0 aliphatic carbocycles. The van der Waals surface area contributed by atoms with Crippen LogP contribution < -0.4 is 0 Å². The van der Waals surface area contributed by atoms with E-state index < -0.39 is 10.0 Å². The predicted molar refractivity (Wildman–Crippen MR) is 116 cm³/mol. The molecule has 1 fully saturated rings. The van der Waals surface area contributed by atoms with Crippen LogP contribution in [0.1, 0.15) is 39.9 Å². The smallest absolute Gasteiger partial charge is 0.254 e. The van der Waals surface area contributed by atoms with E-state index in [1.54, 1.807) is 13.0 Å². The minimum Gasteiger partial charge on any atom is -0.335 e. The van der Waals surface area contributed by atoms with Crippen molar-refractivity contribution in [1.29, 1.82) is 0 Å². The van der Waals surface area contributed by atoms with Crippen LogP contribution in [0.3, 0.4) is 0 Å². The number of carbonyl (C=O) groups excluding carboxylic acids is 1. The number of aryl methyl sites for hydroxylation is 1. The highest BCUT2D eigenvalue weighted by Gasteiger charge is 2.31. The molecular formula is C22H27ClN2O3S. The highest BCUT2D eigenvalue weighted by atomic mass is 35.5. The van der Waals surface area contributed by atoms with Crippen molar-refractivity contribution in [1.82, 2.24) is 9.21 Å². The third-order valence-corrected chi connectivity index (χ3v) is 7.99. The van der Waals surface area contributed by atoms with Gasteiger partial charge in [0.05, 0.1) is 4.90 Å². The maximum Gasteiger partial charge on any atom is 0.254 e. The Bertz CT molecular complexity index is 1030.